The molecule has 0 aliphatic carbocycles. The molecule has 0 saturated heterocycles. The van der Waals surface area contributed by atoms with E-state index in [9.17, 15) is 4.79 Å². The molecule has 0 heterocycles. The lowest BCUT2D eigenvalue weighted by atomic mass is 10.1. The third kappa shape index (κ3) is 5.21. The number of likely N-dealkylation sites (N-methyl/N-ethyl adjacent to an activating group) is 1. The van der Waals surface area contributed by atoms with Gasteiger partial charge in [0.05, 0.1) is 6.54 Å². The first-order chi connectivity index (χ1) is 9.12. The van der Waals surface area contributed by atoms with Crippen molar-refractivity contribution in [2.75, 3.05) is 31.9 Å². The summed E-state index contributed by atoms with van der Waals surface area (Å²) >= 11 is 3.53. The Morgan fingerprint density at radius 2 is 1.89 bits per heavy atom. The standard InChI is InChI=1S/C15H23NOS2/c1-5-13(11-18-3)16(2)10-15(17)12-6-8-14(19-4)9-7-12/h6-9,13H,5,10-11H2,1-4H3. The van der Waals surface area contributed by atoms with E-state index in [0.717, 1.165) is 17.7 Å². The molecule has 1 rings (SSSR count). The second-order valence-electron chi connectivity index (χ2n) is 4.58. The molecule has 1 unspecified atom stereocenters. The van der Waals surface area contributed by atoms with Crippen LogP contribution < -0.4 is 0 Å². The second kappa shape index (κ2) is 8.67. The van der Waals surface area contributed by atoms with Gasteiger partial charge in [-0.2, -0.15) is 11.8 Å². The predicted octanol–water partition coefficient (Wildman–Crippen LogP) is 3.66. The van der Waals surface area contributed by atoms with Crippen molar-refractivity contribution in [1.82, 2.24) is 4.90 Å². The molecule has 0 spiro atoms. The quantitative estimate of drug-likeness (QED) is 0.539. The summed E-state index contributed by atoms with van der Waals surface area (Å²) in [5.74, 6) is 1.28. The molecule has 4 heteroatoms. The van der Waals surface area contributed by atoms with Crippen LogP contribution in [0.25, 0.3) is 0 Å². The molecule has 1 aromatic rings. The number of carbonyl (C=O) groups is 1. The zero-order valence-corrected chi connectivity index (χ0v) is 13.8. The highest BCUT2D eigenvalue weighted by atomic mass is 32.2. The number of ketones is 1. The average Bonchev–Trinajstić information content (AvgIpc) is 2.44. The first kappa shape index (κ1) is 16.6. The molecule has 0 aliphatic rings. The molecule has 1 aromatic carbocycles. The molecule has 0 fully saturated rings. The number of rotatable bonds is 8. The van der Waals surface area contributed by atoms with Crippen molar-refractivity contribution < 1.29 is 4.79 Å². The molecular formula is C15H23NOS2. The number of carbonyl (C=O) groups excluding carboxylic acids is 1. The first-order valence-electron chi connectivity index (χ1n) is 6.48. The minimum absolute atomic E-state index is 0.203. The third-order valence-corrected chi connectivity index (χ3v) is 4.72. The van der Waals surface area contributed by atoms with Gasteiger partial charge in [-0.1, -0.05) is 19.1 Å². The zero-order chi connectivity index (χ0) is 14.3. The second-order valence-corrected chi connectivity index (χ2v) is 6.37. The lowest BCUT2D eigenvalue weighted by molar-refractivity contribution is 0.0925. The van der Waals surface area contributed by atoms with Gasteiger partial charge >= 0.3 is 0 Å². The van der Waals surface area contributed by atoms with Crippen LogP contribution in [0, 0.1) is 0 Å². The van der Waals surface area contributed by atoms with Crippen LogP contribution in [-0.2, 0) is 0 Å². The third-order valence-electron chi connectivity index (χ3n) is 3.26. The Labute approximate surface area is 125 Å². The SMILES string of the molecule is CCC(CSC)N(C)CC(=O)c1ccc(SC)cc1. The number of thioether (sulfide) groups is 2. The molecule has 2 nitrogen and oxygen atoms in total. The van der Waals surface area contributed by atoms with E-state index in [-0.39, 0.29) is 5.78 Å². The summed E-state index contributed by atoms with van der Waals surface area (Å²) in [5, 5.41) is 0. The van der Waals surface area contributed by atoms with E-state index in [0.29, 0.717) is 12.6 Å². The van der Waals surface area contributed by atoms with Crippen LogP contribution in [-0.4, -0.2) is 48.6 Å². The number of hydrogen-bond acceptors (Lipinski definition) is 4. The van der Waals surface area contributed by atoms with Crippen LogP contribution in [0.4, 0.5) is 0 Å². The van der Waals surface area contributed by atoms with E-state index >= 15 is 0 Å². The van der Waals surface area contributed by atoms with Crippen LogP contribution in [0.5, 0.6) is 0 Å². The van der Waals surface area contributed by atoms with Crippen LogP contribution in [0.1, 0.15) is 23.7 Å². The molecule has 0 aliphatic heterocycles. The zero-order valence-electron chi connectivity index (χ0n) is 12.2. The lowest BCUT2D eigenvalue weighted by Crippen LogP contribution is -2.37. The largest absolute Gasteiger partial charge is 0.295 e. The lowest BCUT2D eigenvalue weighted by Gasteiger charge is -2.25. The normalized spacial score (nSPS) is 12.7. The average molecular weight is 297 g/mol. The van der Waals surface area contributed by atoms with Gasteiger partial charge in [-0.05, 0) is 38.1 Å². The summed E-state index contributed by atoms with van der Waals surface area (Å²) < 4.78 is 0. The molecule has 0 aromatic heterocycles. The molecular weight excluding hydrogens is 274 g/mol. The summed E-state index contributed by atoms with van der Waals surface area (Å²) in [6.07, 6.45) is 5.23. The van der Waals surface area contributed by atoms with Crippen molar-refractivity contribution in [3.8, 4) is 0 Å². The number of hydrogen-bond donors (Lipinski definition) is 0. The number of benzene rings is 1. The van der Waals surface area contributed by atoms with Gasteiger partial charge < -0.3 is 0 Å². The highest BCUT2D eigenvalue weighted by Gasteiger charge is 2.16. The van der Waals surface area contributed by atoms with Gasteiger partial charge in [-0.25, -0.2) is 0 Å². The molecule has 0 amide bonds. The smallest absolute Gasteiger partial charge is 0.176 e. The fourth-order valence-electron chi connectivity index (χ4n) is 1.97. The van der Waals surface area contributed by atoms with E-state index in [4.69, 9.17) is 0 Å². The fourth-order valence-corrected chi connectivity index (χ4v) is 3.26. The van der Waals surface area contributed by atoms with Crippen LogP contribution in [0.15, 0.2) is 29.2 Å². The summed E-state index contributed by atoms with van der Waals surface area (Å²) in [7, 11) is 2.04. The number of Topliss-reactive ketones (excluding diaryl/α,β-unsaturated/α-hetero) is 1. The monoisotopic (exact) mass is 297 g/mol. The topological polar surface area (TPSA) is 20.3 Å². The highest BCUT2D eigenvalue weighted by Crippen LogP contribution is 2.16. The van der Waals surface area contributed by atoms with E-state index in [1.165, 1.54) is 4.90 Å². The first-order valence-corrected chi connectivity index (χ1v) is 9.10. The molecule has 19 heavy (non-hydrogen) atoms. The van der Waals surface area contributed by atoms with Crippen LogP contribution >= 0.6 is 23.5 Å². The summed E-state index contributed by atoms with van der Waals surface area (Å²) in [5.41, 5.74) is 0.809. The maximum absolute atomic E-state index is 12.2. The Morgan fingerprint density at radius 3 is 2.37 bits per heavy atom. The Bertz CT molecular complexity index is 392. The molecule has 0 N–H and O–H groups in total. The van der Waals surface area contributed by atoms with Crippen LogP contribution in [0.3, 0.4) is 0 Å². The Balaban J connectivity index is 2.62. The molecule has 106 valence electrons. The Hall–Kier alpha value is -0.450. The van der Waals surface area contributed by atoms with Gasteiger partial charge in [0.15, 0.2) is 5.78 Å². The van der Waals surface area contributed by atoms with Crippen molar-refractivity contribution >= 4 is 29.3 Å². The van der Waals surface area contributed by atoms with Crippen LogP contribution in [0.2, 0.25) is 0 Å². The molecule has 1 atom stereocenters. The van der Waals surface area contributed by atoms with Gasteiger partial charge in [0, 0.05) is 22.3 Å². The maximum Gasteiger partial charge on any atom is 0.176 e. The summed E-state index contributed by atoms with van der Waals surface area (Å²) in [6.45, 7) is 2.67. The van der Waals surface area contributed by atoms with E-state index < -0.39 is 0 Å². The predicted molar refractivity (Wildman–Crippen MR) is 87.6 cm³/mol. The molecule has 0 saturated carbocycles. The maximum atomic E-state index is 12.2. The highest BCUT2D eigenvalue weighted by molar-refractivity contribution is 7.98. The van der Waals surface area contributed by atoms with E-state index in [1.54, 1.807) is 11.8 Å². The van der Waals surface area contributed by atoms with Gasteiger partial charge in [0.2, 0.25) is 0 Å². The van der Waals surface area contributed by atoms with E-state index in [2.05, 4.69) is 18.1 Å². The number of nitrogens with zero attached hydrogens (tertiary/aromatic N) is 1. The van der Waals surface area contributed by atoms with Gasteiger partial charge in [0.1, 0.15) is 0 Å². The van der Waals surface area contributed by atoms with Gasteiger partial charge in [0.25, 0.3) is 0 Å². The minimum atomic E-state index is 0.203. The Morgan fingerprint density at radius 1 is 1.26 bits per heavy atom. The Kier molecular flexibility index (Phi) is 7.57. The van der Waals surface area contributed by atoms with E-state index in [1.807, 2.05) is 49.3 Å². The van der Waals surface area contributed by atoms with Crippen molar-refractivity contribution in [3.63, 3.8) is 0 Å². The summed E-state index contributed by atoms with van der Waals surface area (Å²) in [4.78, 5) is 15.6. The van der Waals surface area contributed by atoms with Crippen molar-refractivity contribution in [1.29, 1.82) is 0 Å². The fraction of sp³-hybridized carbons (Fsp3) is 0.533. The van der Waals surface area contributed by atoms with Crippen molar-refractivity contribution in [3.05, 3.63) is 29.8 Å². The van der Waals surface area contributed by atoms with Crippen molar-refractivity contribution in [2.45, 2.75) is 24.3 Å². The summed E-state index contributed by atoms with van der Waals surface area (Å²) in [6, 6.07) is 8.35. The molecule has 0 radical (unpaired) electrons. The molecule has 0 bridgehead atoms. The minimum Gasteiger partial charge on any atom is -0.295 e. The van der Waals surface area contributed by atoms with Gasteiger partial charge in [-0.15, -0.1) is 11.8 Å². The van der Waals surface area contributed by atoms with Crippen molar-refractivity contribution in [2.24, 2.45) is 0 Å². The van der Waals surface area contributed by atoms with Gasteiger partial charge in [-0.3, -0.25) is 9.69 Å².